The highest BCUT2D eigenvalue weighted by molar-refractivity contribution is 5.96. The van der Waals surface area contributed by atoms with Crippen LogP contribution in [0.2, 0.25) is 0 Å². The molecule has 7 nitrogen and oxygen atoms in total. The van der Waals surface area contributed by atoms with Gasteiger partial charge in [0.2, 0.25) is 5.91 Å². The Labute approximate surface area is 264 Å². The zero-order valence-corrected chi connectivity index (χ0v) is 28.9. The number of esters is 1. The van der Waals surface area contributed by atoms with Crippen molar-refractivity contribution in [2.75, 3.05) is 7.11 Å². The van der Waals surface area contributed by atoms with Gasteiger partial charge < -0.3 is 15.2 Å². The minimum absolute atomic E-state index is 0.0333. The number of carbonyl (C=O) groups is 4. The van der Waals surface area contributed by atoms with Crippen molar-refractivity contribution in [3.8, 4) is 0 Å². The molecule has 7 heteroatoms. The molecule has 0 unspecified atom stereocenters. The molecule has 0 spiro atoms. The maximum Gasteiger partial charge on any atom is 0.311 e. The third-order valence-electron chi connectivity index (χ3n) is 14.8. The molecule has 44 heavy (non-hydrogen) atoms. The van der Waals surface area contributed by atoms with E-state index in [2.05, 4.69) is 46.9 Å². The van der Waals surface area contributed by atoms with Gasteiger partial charge in [0.15, 0.2) is 5.78 Å². The van der Waals surface area contributed by atoms with Crippen LogP contribution in [0.15, 0.2) is 11.6 Å². The first-order valence-corrected chi connectivity index (χ1v) is 17.0. The van der Waals surface area contributed by atoms with E-state index in [4.69, 9.17) is 4.74 Å². The lowest BCUT2D eigenvalue weighted by molar-refractivity contribution is -0.190. The first kappa shape index (κ1) is 33.2. The minimum atomic E-state index is -0.900. The van der Waals surface area contributed by atoms with E-state index >= 15 is 0 Å². The summed E-state index contributed by atoms with van der Waals surface area (Å²) in [5.41, 5.74) is -1.21. The number of carboxylic acids is 1. The number of carbonyl (C=O) groups excluding carboxylic acids is 3. The van der Waals surface area contributed by atoms with Gasteiger partial charge >= 0.3 is 11.9 Å². The Hall–Kier alpha value is -2.18. The second-order valence-electron chi connectivity index (χ2n) is 18.1. The quantitative estimate of drug-likeness (QED) is 0.320. The normalized spacial score (nSPS) is 44.6. The fourth-order valence-electron chi connectivity index (χ4n) is 11.6. The Bertz CT molecular complexity index is 1300. The van der Waals surface area contributed by atoms with Gasteiger partial charge in [-0.3, -0.25) is 19.2 Å². The maximum atomic E-state index is 14.6. The van der Waals surface area contributed by atoms with E-state index in [-0.39, 0.29) is 69.0 Å². The van der Waals surface area contributed by atoms with Crippen LogP contribution in [0.5, 0.6) is 0 Å². The van der Waals surface area contributed by atoms with Crippen LogP contribution in [0.3, 0.4) is 0 Å². The van der Waals surface area contributed by atoms with Crippen LogP contribution in [0.1, 0.15) is 127 Å². The number of ether oxygens (including phenoxy) is 1. The predicted molar refractivity (Wildman–Crippen MR) is 169 cm³/mol. The number of hydrogen-bond donors (Lipinski definition) is 2. The molecule has 0 heterocycles. The highest BCUT2D eigenvalue weighted by atomic mass is 16.5. The third kappa shape index (κ3) is 4.55. The van der Waals surface area contributed by atoms with Crippen LogP contribution in [0.4, 0.5) is 0 Å². The van der Waals surface area contributed by atoms with E-state index in [1.54, 1.807) is 13.8 Å². The lowest BCUT2D eigenvalue weighted by Gasteiger charge is -2.70. The molecule has 4 saturated carbocycles. The number of nitrogens with one attached hydrogen (secondary N) is 1. The summed E-state index contributed by atoms with van der Waals surface area (Å²) in [6.45, 7) is 19.3. The van der Waals surface area contributed by atoms with Gasteiger partial charge in [0.1, 0.15) is 0 Å². The monoisotopic (exact) mass is 611 g/mol. The summed E-state index contributed by atoms with van der Waals surface area (Å²) >= 11 is 0. The van der Waals surface area contributed by atoms with Crippen molar-refractivity contribution in [3.63, 3.8) is 0 Å². The summed E-state index contributed by atoms with van der Waals surface area (Å²) in [7, 11) is 1.35. The molecule has 5 rings (SSSR count). The van der Waals surface area contributed by atoms with Gasteiger partial charge in [-0.2, -0.15) is 0 Å². The first-order chi connectivity index (χ1) is 20.1. The van der Waals surface area contributed by atoms with Crippen molar-refractivity contribution >= 4 is 23.6 Å². The molecular formula is C37H57NO6. The molecule has 0 radical (unpaired) electrons. The van der Waals surface area contributed by atoms with Gasteiger partial charge in [-0.15, -0.1) is 0 Å². The van der Waals surface area contributed by atoms with Crippen LogP contribution >= 0.6 is 0 Å². The number of fused-ring (bicyclic) bond motifs is 7. The molecule has 0 aromatic rings. The molecule has 0 bridgehead atoms. The number of aliphatic carboxylic acids is 1. The summed E-state index contributed by atoms with van der Waals surface area (Å²) in [6.07, 6.45) is 9.94. The number of amides is 1. The highest BCUT2D eigenvalue weighted by Crippen LogP contribution is 2.75. The Morgan fingerprint density at radius 2 is 1.59 bits per heavy atom. The molecule has 0 aromatic heterocycles. The number of carboxylic acid groups (broad SMARTS) is 1. The van der Waals surface area contributed by atoms with Crippen molar-refractivity contribution in [2.24, 2.45) is 55.7 Å². The van der Waals surface area contributed by atoms with Crippen LogP contribution in [-0.2, 0) is 23.9 Å². The molecule has 0 aliphatic heterocycles. The predicted octanol–water partition coefficient (Wildman–Crippen LogP) is 7.13. The second kappa shape index (κ2) is 10.2. The molecular weight excluding hydrogens is 554 g/mol. The summed E-state index contributed by atoms with van der Waals surface area (Å²) in [5.74, 6) is -0.765. The second-order valence-corrected chi connectivity index (χ2v) is 18.1. The van der Waals surface area contributed by atoms with Crippen molar-refractivity contribution in [2.45, 2.75) is 133 Å². The molecule has 5 aliphatic carbocycles. The minimum Gasteiger partial charge on any atom is -0.481 e. The van der Waals surface area contributed by atoms with E-state index in [1.807, 2.05) is 13.0 Å². The molecule has 246 valence electrons. The van der Waals surface area contributed by atoms with E-state index in [0.29, 0.717) is 12.8 Å². The van der Waals surface area contributed by atoms with E-state index in [1.165, 1.54) is 12.7 Å². The van der Waals surface area contributed by atoms with Gasteiger partial charge in [0.05, 0.1) is 17.9 Å². The fraction of sp³-hybridized carbons (Fsp3) is 0.838. The summed E-state index contributed by atoms with van der Waals surface area (Å²) in [6, 6.07) is -0.0439. The topological polar surface area (TPSA) is 110 Å². The van der Waals surface area contributed by atoms with Crippen molar-refractivity contribution in [1.29, 1.82) is 0 Å². The van der Waals surface area contributed by atoms with Gasteiger partial charge in [0, 0.05) is 18.4 Å². The van der Waals surface area contributed by atoms with Crippen molar-refractivity contribution in [3.05, 3.63) is 11.6 Å². The summed E-state index contributed by atoms with van der Waals surface area (Å²) in [5, 5.41) is 13.5. The lowest BCUT2D eigenvalue weighted by atomic mass is 9.33. The Morgan fingerprint density at radius 3 is 2.20 bits per heavy atom. The molecule has 0 aromatic carbocycles. The zero-order valence-electron chi connectivity index (χ0n) is 28.9. The lowest BCUT2D eigenvalue weighted by Crippen LogP contribution is -2.67. The molecule has 1 amide bonds. The van der Waals surface area contributed by atoms with E-state index in [9.17, 15) is 24.3 Å². The van der Waals surface area contributed by atoms with Gasteiger partial charge in [-0.1, -0.05) is 47.1 Å². The largest absolute Gasteiger partial charge is 0.481 e. The average molecular weight is 612 g/mol. The highest BCUT2D eigenvalue weighted by Gasteiger charge is 2.70. The zero-order chi connectivity index (χ0) is 32.9. The Kier molecular flexibility index (Phi) is 7.66. The summed E-state index contributed by atoms with van der Waals surface area (Å²) in [4.78, 5) is 52.4. The SMILES string of the molecule is COC(=O)C(C)(C)CC(=O)N[C@H]1CC[C@]2(C)[C@H]3C(=O)C=C4[C@@H]5C[C@@](C)(C(=O)O)CC[C@]5(C)CC[C@@]4(C)[C@]3(C)CC[C@H]2C1(C)C. The Morgan fingerprint density at radius 1 is 0.955 bits per heavy atom. The van der Waals surface area contributed by atoms with Crippen molar-refractivity contribution < 1.29 is 29.0 Å². The maximum absolute atomic E-state index is 14.6. The third-order valence-corrected chi connectivity index (χ3v) is 14.8. The molecule has 0 saturated heterocycles. The van der Waals surface area contributed by atoms with E-state index in [0.717, 1.165) is 44.9 Å². The molecule has 5 aliphatic rings. The smallest absolute Gasteiger partial charge is 0.311 e. The summed E-state index contributed by atoms with van der Waals surface area (Å²) < 4.78 is 4.92. The number of methoxy groups -OCH3 is 1. The van der Waals surface area contributed by atoms with Crippen LogP contribution in [-0.4, -0.2) is 41.9 Å². The van der Waals surface area contributed by atoms with Gasteiger partial charge in [-0.05, 0) is 124 Å². The van der Waals surface area contributed by atoms with Crippen molar-refractivity contribution in [1.82, 2.24) is 5.32 Å². The average Bonchev–Trinajstić information content (AvgIpc) is 2.91. The standard InChI is InChI=1S/C37H57NO6/c1-31(2,30(43)44-10)21-27(40)38-26-12-13-35(7)25(32(26,3)4)11-14-37(9)28(35)24(39)19-22-23-20-34(6,29(41)42)16-15-33(23,5)17-18-36(22,37)8/h19,23,25-26,28H,11-18,20-21H2,1-10H3,(H,38,40)(H,41,42)/t23-,25-,26-,28+,33+,34-,35-,36+,37+/m0/s1. The molecule has 4 fully saturated rings. The van der Waals surface area contributed by atoms with Crippen LogP contribution in [0.25, 0.3) is 0 Å². The fourth-order valence-corrected chi connectivity index (χ4v) is 11.6. The van der Waals surface area contributed by atoms with Crippen LogP contribution < -0.4 is 5.32 Å². The Balaban J connectivity index is 1.46. The molecule has 2 N–H and O–H groups in total. The van der Waals surface area contributed by atoms with Crippen LogP contribution in [0, 0.1) is 55.7 Å². The van der Waals surface area contributed by atoms with E-state index < -0.39 is 22.8 Å². The number of rotatable bonds is 5. The van der Waals surface area contributed by atoms with Gasteiger partial charge in [-0.25, -0.2) is 0 Å². The number of allylic oxidation sites excluding steroid dienone is 2. The number of ketones is 1. The first-order valence-electron chi connectivity index (χ1n) is 17.0. The van der Waals surface area contributed by atoms with Gasteiger partial charge in [0.25, 0.3) is 0 Å². The molecule has 9 atom stereocenters. The number of hydrogen-bond acceptors (Lipinski definition) is 5.